The summed E-state index contributed by atoms with van der Waals surface area (Å²) in [7, 11) is 0. The van der Waals surface area contributed by atoms with Crippen LogP contribution in [0.2, 0.25) is 0 Å². The minimum Gasteiger partial charge on any atom is -0.300 e. The summed E-state index contributed by atoms with van der Waals surface area (Å²) in [4.78, 5) is 13.7. The average Bonchev–Trinajstić information content (AvgIpc) is 2.16. The number of aromatic nitrogens is 1. The predicted octanol–water partition coefficient (Wildman–Crippen LogP) is 3.14. The number of hydrogen-bond acceptors (Lipinski definition) is 2. The van der Waals surface area contributed by atoms with E-state index in [-0.39, 0.29) is 5.78 Å². The summed E-state index contributed by atoms with van der Waals surface area (Å²) in [6, 6.07) is 10.3. The van der Waals surface area contributed by atoms with Crippen LogP contribution in [0, 0.1) is 6.92 Å². The first-order valence-electron chi connectivity index (χ1n) is 4.88. The van der Waals surface area contributed by atoms with Crippen LogP contribution in [0.15, 0.2) is 36.5 Å². The van der Waals surface area contributed by atoms with E-state index in [1.54, 1.807) is 0 Å². The summed E-state index contributed by atoms with van der Waals surface area (Å²) in [5.74, 6) is 0.167. The van der Waals surface area contributed by atoms with E-state index in [9.17, 15) is 4.79 Å². The number of aryl methyl sites for hydroxylation is 1. The first-order valence-corrected chi connectivity index (χ1v) is 4.88. The van der Waals surface area contributed by atoms with Crippen molar-refractivity contribution in [3.63, 3.8) is 0 Å². The van der Waals surface area contributed by atoms with E-state index in [1.165, 1.54) is 24.8 Å². The highest BCUT2D eigenvalue weighted by molar-refractivity contribution is 5.78. The van der Waals surface area contributed by atoms with Gasteiger partial charge in [0.05, 0.1) is 5.52 Å². The van der Waals surface area contributed by atoms with Gasteiger partial charge in [-0.2, -0.15) is 0 Å². The molecule has 0 N–H and O–H groups in total. The molecule has 0 saturated heterocycles. The molecule has 0 saturated carbocycles. The zero-order chi connectivity index (χ0) is 11.3. The molecule has 0 atom stereocenters. The van der Waals surface area contributed by atoms with Crippen LogP contribution in [0.25, 0.3) is 10.9 Å². The number of nitrogens with zero attached hydrogens (tertiary/aromatic N) is 1. The summed E-state index contributed by atoms with van der Waals surface area (Å²) < 4.78 is 0. The number of fused-ring (bicyclic) bond motifs is 1. The first-order chi connectivity index (χ1) is 7.09. The van der Waals surface area contributed by atoms with Crippen molar-refractivity contribution < 1.29 is 4.79 Å². The normalized spacial score (nSPS) is 9.27. The number of ketones is 1. The Morgan fingerprint density at radius 2 is 1.87 bits per heavy atom. The number of carbonyl (C=O) groups excluding carboxylic acids is 1. The zero-order valence-electron chi connectivity index (χ0n) is 9.32. The van der Waals surface area contributed by atoms with Gasteiger partial charge >= 0.3 is 0 Å². The topological polar surface area (TPSA) is 30.0 Å². The number of rotatable bonds is 0. The largest absolute Gasteiger partial charge is 0.300 e. The Morgan fingerprint density at radius 1 is 1.20 bits per heavy atom. The predicted molar refractivity (Wildman–Crippen MR) is 62.8 cm³/mol. The Kier molecular flexibility index (Phi) is 3.98. The quantitative estimate of drug-likeness (QED) is 0.655. The molecule has 2 rings (SSSR count). The highest BCUT2D eigenvalue weighted by Gasteiger charge is 1.90. The Bertz CT molecular complexity index is 459. The molecule has 0 unspecified atom stereocenters. The maximum Gasteiger partial charge on any atom is 0.126 e. The van der Waals surface area contributed by atoms with Crippen LogP contribution >= 0.6 is 0 Å². The van der Waals surface area contributed by atoms with Crippen molar-refractivity contribution in [2.45, 2.75) is 20.8 Å². The Labute approximate surface area is 90.0 Å². The highest BCUT2D eigenvalue weighted by atomic mass is 16.1. The molecular weight excluding hydrogens is 186 g/mol. The van der Waals surface area contributed by atoms with Gasteiger partial charge in [0.2, 0.25) is 0 Å². The van der Waals surface area contributed by atoms with Crippen LogP contribution < -0.4 is 0 Å². The third-order valence-electron chi connectivity index (χ3n) is 1.76. The van der Waals surface area contributed by atoms with E-state index >= 15 is 0 Å². The summed E-state index contributed by atoms with van der Waals surface area (Å²) in [5, 5.41) is 1.22. The van der Waals surface area contributed by atoms with Crippen molar-refractivity contribution in [1.82, 2.24) is 4.98 Å². The van der Waals surface area contributed by atoms with Gasteiger partial charge < -0.3 is 4.79 Å². The van der Waals surface area contributed by atoms with Gasteiger partial charge in [0.25, 0.3) is 0 Å². The SMILES string of the molecule is CC(C)=O.Cc1ccc2ncccc2c1. The maximum atomic E-state index is 9.44. The molecule has 1 aromatic heterocycles. The van der Waals surface area contributed by atoms with Gasteiger partial charge in [-0.15, -0.1) is 0 Å². The van der Waals surface area contributed by atoms with Crippen molar-refractivity contribution in [2.75, 3.05) is 0 Å². The molecule has 1 aromatic carbocycles. The lowest BCUT2D eigenvalue weighted by molar-refractivity contribution is -0.114. The Balaban J connectivity index is 0.000000245. The number of benzene rings is 1. The van der Waals surface area contributed by atoms with Crippen molar-refractivity contribution in [3.05, 3.63) is 42.1 Å². The fourth-order valence-corrected chi connectivity index (χ4v) is 1.20. The fraction of sp³-hybridized carbons (Fsp3) is 0.231. The van der Waals surface area contributed by atoms with Crippen LogP contribution in [-0.2, 0) is 4.79 Å². The number of hydrogen-bond donors (Lipinski definition) is 0. The van der Waals surface area contributed by atoms with Crippen LogP contribution in [-0.4, -0.2) is 10.8 Å². The fourth-order valence-electron chi connectivity index (χ4n) is 1.20. The molecule has 0 aliphatic heterocycles. The second-order valence-corrected chi connectivity index (χ2v) is 3.61. The molecule has 0 radical (unpaired) electrons. The number of carbonyl (C=O) groups is 1. The third-order valence-corrected chi connectivity index (χ3v) is 1.76. The molecule has 78 valence electrons. The second kappa shape index (κ2) is 5.25. The van der Waals surface area contributed by atoms with Gasteiger partial charge in [-0.05, 0) is 39.0 Å². The van der Waals surface area contributed by atoms with Crippen LogP contribution in [0.3, 0.4) is 0 Å². The third kappa shape index (κ3) is 3.90. The van der Waals surface area contributed by atoms with E-state index in [4.69, 9.17) is 0 Å². The Morgan fingerprint density at radius 3 is 2.53 bits per heavy atom. The molecule has 2 nitrogen and oxygen atoms in total. The molecule has 0 bridgehead atoms. The van der Waals surface area contributed by atoms with E-state index in [0.717, 1.165) is 5.52 Å². The van der Waals surface area contributed by atoms with Crippen LogP contribution in [0.4, 0.5) is 0 Å². The summed E-state index contributed by atoms with van der Waals surface area (Å²) >= 11 is 0. The van der Waals surface area contributed by atoms with Gasteiger partial charge in [0.15, 0.2) is 0 Å². The van der Waals surface area contributed by atoms with Gasteiger partial charge in [-0.1, -0.05) is 17.7 Å². The van der Waals surface area contributed by atoms with Gasteiger partial charge in [-0.3, -0.25) is 4.98 Å². The number of Topliss-reactive ketones (excluding diaryl/α,β-unsaturated/α-hetero) is 1. The maximum absolute atomic E-state index is 9.44. The van der Waals surface area contributed by atoms with Crippen molar-refractivity contribution in [1.29, 1.82) is 0 Å². The molecule has 15 heavy (non-hydrogen) atoms. The molecule has 1 heterocycles. The van der Waals surface area contributed by atoms with E-state index in [0.29, 0.717) is 0 Å². The Hall–Kier alpha value is -1.70. The molecule has 2 heteroatoms. The second-order valence-electron chi connectivity index (χ2n) is 3.61. The minimum atomic E-state index is 0.167. The summed E-state index contributed by atoms with van der Waals surface area (Å²) in [5.41, 5.74) is 2.35. The molecule has 0 fully saturated rings. The van der Waals surface area contributed by atoms with Crippen LogP contribution in [0.5, 0.6) is 0 Å². The summed E-state index contributed by atoms with van der Waals surface area (Å²) in [6.45, 7) is 5.15. The van der Waals surface area contributed by atoms with Crippen molar-refractivity contribution in [2.24, 2.45) is 0 Å². The van der Waals surface area contributed by atoms with Gasteiger partial charge in [-0.25, -0.2) is 0 Å². The minimum absolute atomic E-state index is 0.167. The lowest BCUT2D eigenvalue weighted by atomic mass is 10.1. The van der Waals surface area contributed by atoms with Gasteiger partial charge in [0, 0.05) is 11.6 Å². The smallest absolute Gasteiger partial charge is 0.126 e. The van der Waals surface area contributed by atoms with Crippen molar-refractivity contribution >= 4 is 16.7 Å². The van der Waals surface area contributed by atoms with Crippen molar-refractivity contribution in [3.8, 4) is 0 Å². The average molecular weight is 201 g/mol. The monoisotopic (exact) mass is 201 g/mol. The number of pyridine rings is 1. The molecule has 0 aliphatic rings. The van der Waals surface area contributed by atoms with Gasteiger partial charge in [0.1, 0.15) is 5.78 Å². The molecule has 0 amide bonds. The highest BCUT2D eigenvalue weighted by Crippen LogP contribution is 2.11. The van der Waals surface area contributed by atoms with E-state index in [1.807, 2.05) is 18.3 Å². The lowest BCUT2D eigenvalue weighted by Gasteiger charge is -1.95. The molecular formula is C13H15NO. The van der Waals surface area contributed by atoms with Crippen LogP contribution in [0.1, 0.15) is 19.4 Å². The molecule has 2 aromatic rings. The lowest BCUT2D eigenvalue weighted by Crippen LogP contribution is -1.77. The van der Waals surface area contributed by atoms with E-state index < -0.39 is 0 Å². The zero-order valence-corrected chi connectivity index (χ0v) is 9.32. The first kappa shape index (κ1) is 11.4. The van der Waals surface area contributed by atoms with E-state index in [2.05, 4.69) is 30.1 Å². The summed E-state index contributed by atoms with van der Waals surface area (Å²) in [6.07, 6.45) is 1.82. The molecule has 0 aliphatic carbocycles. The standard InChI is InChI=1S/C10H9N.C3H6O/c1-8-4-5-10-9(7-8)3-2-6-11-10;1-3(2)4/h2-7H,1H3;1-2H3. The molecule has 0 spiro atoms.